The van der Waals surface area contributed by atoms with Gasteiger partial charge in [0.05, 0.1) is 6.10 Å². The molecule has 0 aromatic heterocycles. The summed E-state index contributed by atoms with van der Waals surface area (Å²) in [5, 5.41) is 16.1. The number of rotatable bonds is 2. The second kappa shape index (κ2) is 3.09. The van der Waals surface area contributed by atoms with Crippen LogP contribution in [-0.4, -0.2) is 36.4 Å². The van der Waals surface area contributed by atoms with Gasteiger partial charge in [-0.1, -0.05) is 0 Å². The van der Waals surface area contributed by atoms with Gasteiger partial charge in [-0.2, -0.15) is 0 Å². The molecule has 1 saturated carbocycles. The number of hydrogen-bond donors (Lipinski definition) is 3. The maximum absolute atomic E-state index is 9.47. The van der Waals surface area contributed by atoms with E-state index in [-0.39, 0.29) is 6.10 Å². The maximum Gasteiger partial charge on any atom is 0.0693 e. The van der Waals surface area contributed by atoms with Crippen LogP contribution in [0.4, 0.5) is 0 Å². The van der Waals surface area contributed by atoms with Gasteiger partial charge in [0.2, 0.25) is 0 Å². The van der Waals surface area contributed by atoms with E-state index >= 15 is 0 Å². The molecule has 0 unspecified atom stereocenters. The Morgan fingerprint density at radius 1 is 1.27 bits per heavy atom. The second-order valence-electron chi connectivity index (χ2n) is 3.63. The normalized spacial score (nSPS) is 39.0. The first-order valence-electron chi connectivity index (χ1n) is 4.51. The van der Waals surface area contributed by atoms with Crippen molar-refractivity contribution in [2.24, 2.45) is 0 Å². The van der Waals surface area contributed by atoms with Crippen LogP contribution in [-0.2, 0) is 0 Å². The van der Waals surface area contributed by atoms with E-state index in [1.807, 2.05) is 0 Å². The molecule has 2 fully saturated rings. The molecule has 2 rings (SSSR count). The van der Waals surface area contributed by atoms with Crippen molar-refractivity contribution in [3.63, 3.8) is 0 Å². The van der Waals surface area contributed by atoms with E-state index in [2.05, 4.69) is 10.6 Å². The molecule has 0 amide bonds. The Morgan fingerprint density at radius 2 is 2.09 bits per heavy atom. The summed E-state index contributed by atoms with van der Waals surface area (Å²) >= 11 is 0. The number of aliphatic hydroxyl groups is 1. The smallest absolute Gasteiger partial charge is 0.0693 e. The highest BCUT2D eigenvalue weighted by Gasteiger charge is 2.28. The first-order chi connectivity index (χ1) is 5.36. The molecule has 0 radical (unpaired) electrons. The quantitative estimate of drug-likeness (QED) is 0.503. The van der Waals surface area contributed by atoms with E-state index in [0.717, 1.165) is 25.9 Å². The third kappa shape index (κ3) is 1.55. The lowest BCUT2D eigenvalue weighted by molar-refractivity contribution is 0.136. The van der Waals surface area contributed by atoms with Crippen molar-refractivity contribution in [3.8, 4) is 0 Å². The number of hydrogen-bond acceptors (Lipinski definition) is 3. The zero-order chi connectivity index (χ0) is 7.68. The third-order valence-corrected chi connectivity index (χ3v) is 2.71. The van der Waals surface area contributed by atoms with Crippen molar-refractivity contribution in [1.82, 2.24) is 10.6 Å². The molecule has 0 aromatic rings. The Bertz CT molecular complexity index is 136. The standard InChI is InChI=1S/C8H16N2O/c11-8-3-1-2-7(8)10-6-4-9-5-6/h6-11H,1-5H2/t7-,8-/m1/s1. The minimum atomic E-state index is -0.0874. The van der Waals surface area contributed by atoms with Crippen molar-refractivity contribution in [2.45, 2.75) is 37.5 Å². The Morgan fingerprint density at radius 3 is 2.55 bits per heavy atom. The highest BCUT2D eigenvalue weighted by atomic mass is 16.3. The fourth-order valence-electron chi connectivity index (χ4n) is 1.84. The minimum absolute atomic E-state index is 0.0874. The van der Waals surface area contributed by atoms with E-state index in [1.54, 1.807) is 0 Å². The van der Waals surface area contributed by atoms with Crippen LogP contribution in [0, 0.1) is 0 Å². The van der Waals surface area contributed by atoms with Crippen molar-refractivity contribution >= 4 is 0 Å². The maximum atomic E-state index is 9.47. The highest BCUT2D eigenvalue weighted by Crippen LogP contribution is 2.19. The number of nitrogens with one attached hydrogen (secondary N) is 2. The van der Waals surface area contributed by atoms with Gasteiger partial charge in [0.25, 0.3) is 0 Å². The lowest BCUT2D eigenvalue weighted by Crippen LogP contribution is -2.59. The average molecular weight is 156 g/mol. The van der Waals surface area contributed by atoms with Gasteiger partial charge in [-0.15, -0.1) is 0 Å². The third-order valence-electron chi connectivity index (χ3n) is 2.71. The first-order valence-corrected chi connectivity index (χ1v) is 4.51. The summed E-state index contributed by atoms with van der Waals surface area (Å²) in [5.41, 5.74) is 0. The van der Waals surface area contributed by atoms with Crippen LogP contribution in [0.3, 0.4) is 0 Å². The van der Waals surface area contributed by atoms with Crippen molar-refractivity contribution in [2.75, 3.05) is 13.1 Å². The van der Waals surface area contributed by atoms with E-state index in [4.69, 9.17) is 0 Å². The van der Waals surface area contributed by atoms with Crippen LogP contribution in [0.15, 0.2) is 0 Å². The molecule has 1 saturated heterocycles. The second-order valence-corrected chi connectivity index (χ2v) is 3.63. The summed E-state index contributed by atoms with van der Waals surface area (Å²) in [4.78, 5) is 0. The SMILES string of the molecule is O[C@@H]1CCC[C@H]1NC1CNC1. The summed E-state index contributed by atoms with van der Waals surface area (Å²) in [6, 6.07) is 0.995. The van der Waals surface area contributed by atoms with Gasteiger partial charge in [-0.05, 0) is 19.3 Å². The van der Waals surface area contributed by atoms with Crippen LogP contribution in [0.1, 0.15) is 19.3 Å². The molecule has 11 heavy (non-hydrogen) atoms. The van der Waals surface area contributed by atoms with E-state index in [1.165, 1.54) is 6.42 Å². The van der Waals surface area contributed by atoms with Crippen molar-refractivity contribution < 1.29 is 5.11 Å². The van der Waals surface area contributed by atoms with E-state index in [0.29, 0.717) is 12.1 Å². The van der Waals surface area contributed by atoms with Crippen LogP contribution >= 0.6 is 0 Å². The topological polar surface area (TPSA) is 44.3 Å². The average Bonchev–Trinajstić information content (AvgIpc) is 2.27. The predicted molar refractivity (Wildman–Crippen MR) is 43.4 cm³/mol. The van der Waals surface area contributed by atoms with Crippen LogP contribution in [0.5, 0.6) is 0 Å². The number of aliphatic hydroxyl groups excluding tert-OH is 1. The van der Waals surface area contributed by atoms with Crippen LogP contribution in [0.2, 0.25) is 0 Å². The molecule has 1 aliphatic carbocycles. The molecular weight excluding hydrogens is 140 g/mol. The fraction of sp³-hybridized carbons (Fsp3) is 1.00. The molecule has 1 heterocycles. The first kappa shape index (κ1) is 7.53. The Balaban J connectivity index is 1.75. The van der Waals surface area contributed by atoms with Crippen LogP contribution in [0.25, 0.3) is 0 Å². The molecule has 0 bridgehead atoms. The molecular formula is C8H16N2O. The van der Waals surface area contributed by atoms with Gasteiger partial charge in [-0.25, -0.2) is 0 Å². The zero-order valence-electron chi connectivity index (χ0n) is 6.71. The van der Waals surface area contributed by atoms with Crippen molar-refractivity contribution in [1.29, 1.82) is 0 Å². The highest BCUT2D eigenvalue weighted by molar-refractivity contribution is 4.90. The summed E-state index contributed by atoms with van der Waals surface area (Å²) in [7, 11) is 0. The van der Waals surface area contributed by atoms with E-state index < -0.39 is 0 Å². The van der Waals surface area contributed by atoms with Crippen molar-refractivity contribution in [3.05, 3.63) is 0 Å². The summed E-state index contributed by atoms with van der Waals surface area (Å²) in [5.74, 6) is 0. The summed E-state index contributed by atoms with van der Waals surface area (Å²) in [6.45, 7) is 2.15. The van der Waals surface area contributed by atoms with E-state index in [9.17, 15) is 5.11 Å². The molecule has 2 aliphatic rings. The molecule has 3 N–H and O–H groups in total. The molecule has 3 heteroatoms. The molecule has 1 aliphatic heterocycles. The van der Waals surface area contributed by atoms with Gasteiger partial charge in [0.15, 0.2) is 0 Å². The predicted octanol–water partition coefficient (Wildman–Crippen LogP) is -0.539. The van der Waals surface area contributed by atoms with Gasteiger partial charge >= 0.3 is 0 Å². The molecule has 0 aromatic carbocycles. The summed E-state index contributed by atoms with van der Waals surface area (Å²) < 4.78 is 0. The molecule has 3 nitrogen and oxygen atoms in total. The van der Waals surface area contributed by atoms with Gasteiger partial charge < -0.3 is 15.7 Å². The Hall–Kier alpha value is -0.120. The largest absolute Gasteiger partial charge is 0.392 e. The van der Waals surface area contributed by atoms with Crippen LogP contribution < -0.4 is 10.6 Å². The monoisotopic (exact) mass is 156 g/mol. The minimum Gasteiger partial charge on any atom is -0.392 e. The lowest BCUT2D eigenvalue weighted by atomic mass is 10.1. The fourth-order valence-corrected chi connectivity index (χ4v) is 1.84. The molecule has 64 valence electrons. The Kier molecular flexibility index (Phi) is 2.11. The van der Waals surface area contributed by atoms with Gasteiger partial charge in [-0.3, -0.25) is 0 Å². The lowest BCUT2D eigenvalue weighted by Gasteiger charge is -2.32. The van der Waals surface area contributed by atoms with Gasteiger partial charge in [0, 0.05) is 25.2 Å². The Labute approximate surface area is 67.2 Å². The molecule has 0 spiro atoms. The van der Waals surface area contributed by atoms with Gasteiger partial charge in [0.1, 0.15) is 0 Å². The zero-order valence-corrected chi connectivity index (χ0v) is 6.71. The molecule has 2 atom stereocenters. The summed E-state index contributed by atoms with van der Waals surface area (Å²) in [6.07, 6.45) is 3.23.